The third kappa shape index (κ3) is 2.01. The standard InChI is InChI=1S/C13H25BN2/c1-13(14)8-6-4-5-7-11-10(13)9-12(15-2)16(11)3/h10-11H,4-9,14H2,1-3H3/b15-12+. The van der Waals surface area contributed by atoms with Crippen molar-refractivity contribution in [2.24, 2.45) is 10.9 Å². The van der Waals surface area contributed by atoms with E-state index in [4.69, 9.17) is 0 Å². The van der Waals surface area contributed by atoms with Gasteiger partial charge in [-0.05, 0) is 12.3 Å². The topological polar surface area (TPSA) is 15.6 Å². The van der Waals surface area contributed by atoms with E-state index in [1.807, 2.05) is 7.05 Å². The molecule has 0 spiro atoms. The lowest BCUT2D eigenvalue weighted by atomic mass is 9.56. The van der Waals surface area contributed by atoms with Crippen molar-refractivity contribution in [1.82, 2.24) is 4.90 Å². The zero-order valence-electron chi connectivity index (χ0n) is 11.3. The largest absolute Gasteiger partial charge is 0.360 e. The number of amidine groups is 1. The molecule has 2 fully saturated rings. The molecule has 16 heavy (non-hydrogen) atoms. The minimum absolute atomic E-state index is 0.492. The van der Waals surface area contributed by atoms with Gasteiger partial charge in [0.25, 0.3) is 0 Å². The second-order valence-corrected chi connectivity index (χ2v) is 6.22. The molecular formula is C13H25BN2. The van der Waals surface area contributed by atoms with Crippen molar-refractivity contribution in [2.75, 3.05) is 14.1 Å². The summed E-state index contributed by atoms with van der Waals surface area (Å²) >= 11 is 0. The summed E-state index contributed by atoms with van der Waals surface area (Å²) in [6.45, 7) is 2.46. The lowest BCUT2D eigenvalue weighted by Gasteiger charge is -2.39. The number of rotatable bonds is 0. The van der Waals surface area contributed by atoms with Crippen LogP contribution in [0.4, 0.5) is 0 Å². The number of hydrogen-bond acceptors (Lipinski definition) is 1. The van der Waals surface area contributed by atoms with Gasteiger partial charge in [0, 0.05) is 26.6 Å². The van der Waals surface area contributed by atoms with Crippen LogP contribution in [0.15, 0.2) is 4.99 Å². The summed E-state index contributed by atoms with van der Waals surface area (Å²) in [6.07, 6.45) is 8.18. The Labute approximate surface area is 101 Å². The highest BCUT2D eigenvalue weighted by molar-refractivity contribution is 6.15. The Kier molecular flexibility index (Phi) is 3.32. The molecule has 0 aromatic heterocycles. The van der Waals surface area contributed by atoms with E-state index in [1.54, 1.807) is 0 Å². The molecule has 0 bridgehead atoms. The molecule has 3 heteroatoms. The summed E-state index contributed by atoms with van der Waals surface area (Å²) in [5.41, 5.74) is 0. The second kappa shape index (κ2) is 4.42. The van der Waals surface area contributed by atoms with E-state index < -0.39 is 0 Å². The Balaban J connectivity index is 2.24. The van der Waals surface area contributed by atoms with Crippen LogP contribution in [0.25, 0.3) is 0 Å². The van der Waals surface area contributed by atoms with E-state index in [0.717, 1.165) is 12.0 Å². The van der Waals surface area contributed by atoms with Crippen molar-refractivity contribution < 1.29 is 0 Å². The summed E-state index contributed by atoms with van der Waals surface area (Å²) < 4.78 is 0. The van der Waals surface area contributed by atoms with Gasteiger partial charge in [-0.2, -0.15) is 0 Å². The summed E-state index contributed by atoms with van der Waals surface area (Å²) in [4.78, 5) is 6.92. The molecule has 1 saturated carbocycles. The van der Waals surface area contributed by atoms with Gasteiger partial charge in [-0.25, -0.2) is 0 Å². The quantitative estimate of drug-likeness (QED) is 0.571. The Morgan fingerprint density at radius 2 is 2.12 bits per heavy atom. The van der Waals surface area contributed by atoms with Gasteiger partial charge in [0.05, 0.1) is 5.84 Å². The van der Waals surface area contributed by atoms with Crippen molar-refractivity contribution >= 4 is 13.7 Å². The molecule has 0 aromatic rings. The van der Waals surface area contributed by atoms with Gasteiger partial charge in [-0.3, -0.25) is 4.99 Å². The molecule has 2 aliphatic rings. The van der Waals surface area contributed by atoms with Crippen molar-refractivity contribution in [3.8, 4) is 0 Å². The maximum atomic E-state index is 4.46. The molecule has 90 valence electrons. The average molecular weight is 220 g/mol. The van der Waals surface area contributed by atoms with Crippen LogP contribution in [0.1, 0.15) is 45.4 Å². The van der Waals surface area contributed by atoms with Gasteiger partial charge in [0.15, 0.2) is 0 Å². The van der Waals surface area contributed by atoms with Crippen molar-refractivity contribution in [3.63, 3.8) is 0 Å². The highest BCUT2D eigenvalue weighted by Crippen LogP contribution is 2.48. The van der Waals surface area contributed by atoms with Crippen LogP contribution in [0.3, 0.4) is 0 Å². The Hall–Kier alpha value is -0.465. The van der Waals surface area contributed by atoms with E-state index in [0.29, 0.717) is 5.31 Å². The SMILES string of the molecule is BC1(C)CCCCCC2C1C/C(=N\C)N2C. The van der Waals surface area contributed by atoms with E-state index >= 15 is 0 Å². The van der Waals surface area contributed by atoms with Gasteiger partial charge >= 0.3 is 0 Å². The van der Waals surface area contributed by atoms with Crippen molar-refractivity contribution in [2.45, 2.75) is 56.8 Å². The summed E-state index contributed by atoms with van der Waals surface area (Å²) in [5, 5.41) is 0.492. The molecule has 1 heterocycles. The smallest absolute Gasteiger partial charge is 0.109 e. The van der Waals surface area contributed by atoms with Crippen LogP contribution >= 0.6 is 0 Å². The zero-order valence-corrected chi connectivity index (χ0v) is 11.3. The van der Waals surface area contributed by atoms with Crippen molar-refractivity contribution in [3.05, 3.63) is 0 Å². The number of hydrogen-bond donors (Lipinski definition) is 0. The lowest BCUT2D eigenvalue weighted by Crippen LogP contribution is -2.36. The van der Waals surface area contributed by atoms with Crippen LogP contribution < -0.4 is 0 Å². The third-order valence-electron chi connectivity index (χ3n) is 4.85. The Morgan fingerprint density at radius 1 is 1.38 bits per heavy atom. The minimum atomic E-state index is 0.492. The van der Waals surface area contributed by atoms with Crippen molar-refractivity contribution in [1.29, 1.82) is 0 Å². The van der Waals surface area contributed by atoms with Crippen LogP contribution in [-0.2, 0) is 0 Å². The molecule has 1 saturated heterocycles. The van der Waals surface area contributed by atoms with Crippen LogP contribution in [0.5, 0.6) is 0 Å². The third-order valence-corrected chi connectivity index (χ3v) is 4.85. The van der Waals surface area contributed by atoms with Crippen LogP contribution in [-0.4, -0.2) is 38.7 Å². The first-order chi connectivity index (χ1) is 7.56. The first kappa shape index (κ1) is 12.0. The maximum Gasteiger partial charge on any atom is 0.109 e. The fraction of sp³-hybridized carbons (Fsp3) is 0.923. The van der Waals surface area contributed by atoms with Crippen LogP contribution in [0, 0.1) is 5.92 Å². The number of fused-ring (bicyclic) bond motifs is 1. The monoisotopic (exact) mass is 220 g/mol. The molecule has 2 rings (SSSR count). The summed E-state index contributed by atoms with van der Waals surface area (Å²) in [5.74, 6) is 2.14. The first-order valence-electron chi connectivity index (χ1n) is 6.75. The number of aliphatic imine (C=N–C) groups is 1. The second-order valence-electron chi connectivity index (χ2n) is 6.22. The molecule has 0 aromatic carbocycles. The fourth-order valence-corrected chi connectivity index (χ4v) is 3.68. The highest BCUT2D eigenvalue weighted by atomic mass is 15.2. The highest BCUT2D eigenvalue weighted by Gasteiger charge is 2.43. The van der Waals surface area contributed by atoms with Gasteiger partial charge in [0.1, 0.15) is 7.85 Å². The molecule has 1 aliphatic carbocycles. The summed E-state index contributed by atoms with van der Waals surface area (Å²) in [7, 11) is 6.64. The van der Waals surface area contributed by atoms with Gasteiger partial charge in [-0.1, -0.05) is 37.9 Å². The maximum absolute atomic E-state index is 4.46. The number of nitrogens with zero attached hydrogens (tertiary/aromatic N) is 2. The normalized spacial score (nSPS) is 42.9. The van der Waals surface area contributed by atoms with Gasteiger partial charge in [-0.15, -0.1) is 0 Å². The fourth-order valence-electron chi connectivity index (χ4n) is 3.68. The molecular weight excluding hydrogens is 195 g/mol. The Bertz CT molecular complexity index is 286. The number of likely N-dealkylation sites (tertiary alicyclic amines) is 1. The van der Waals surface area contributed by atoms with E-state index in [1.165, 1.54) is 44.4 Å². The lowest BCUT2D eigenvalue weighted by molar-refractivity contribution is 0.215. The van der Waals surface area contributed by atoms with Gasteiger partial charge < -0.3 is 4.90 Å². The molecule has 3 unspecified atom stereocenters. The van der Waals surface area contributed by atoms with E-state index in [2.05, 4.69) is 31.7 Å². The zero-order chi connectivity index (χ0) is 11.8. The molecule has 2 nitrogen and oxygen atoms in total. The molecule has 3 atom stereocenters. The minimum Gasteiger partial charge on any atom is -0.360 e. The molecule has 0 N–H and O–H groups in total. The van der Waals surface area contributed by atoms with E-state index in [-0.39, 0.29) is 0 Å². The van der Waals surface area contributed by atoms with Gasteiger partial charge in [0.2, 0.25) is 0 Å². The molecule has 1 aliphatic heterocycles. The van der Waals surface area contributed by atoms with Crippen LogP contribution in [0.2, 0.25) is 5.31 Å². The predicted molar refractivity (Wildman–Crippen MR) is 73.0 cm³/mol. The molecule has 0 radical (unpaired) electrons. The van der Waals surface area contributed by atoms with E-state index in [9.17, 15) is 0 Å². The predicted octanol–water partition coefficient (Wildman–Crippen LogP) is 2.11. The average Bonchev–Trinajstić information content (AvgIpc) is 2.53. The summed E-state index contributed by atoms with van der Waals surface area (Å²) in [6, 6.07) is 0.744. The first-order valence-corrected chi connectivity index (χ1v) is 6.75. The Morgan fingerprint density at radius 3 is 2.81 bits per heavy atom. The molecule has 0 amide bonds.